The molecule has 1 saturated carbocycles. The van der Waals surface area contributed by atoms with E-state index >= 15 is 0 Å². The Morgan fingerprint density at radius 1 is 1.03 bits per heavy atom. The summed E-state index contributed by atoms with van der Waals surface area (Å²) in [5.74, 6) is -2.30. The Hall–Kier alpha value is -3.49. The maximum atomic E-state index is 13.4. The van der Waals surface area contributed by atoms with Gasteiger partial charge >= 0.3 is 12.1 Å². The highest BCUT2D eigenvalue weighted by Gasteiger charge is 2.51. The molecule has 9 heteroatoms. The number of carboxylic acids is 1. The van der Waals surface area contributed by atoms with Crippen molar-refractivity contribution in [3.63, 3.8) is 0 Å². The highest BCUT2D eigenvalue weighted by Crippen LogP contribution is 2.44. The summed E-state index contributed by atoms with van der Waals surface area (Å²) in [6, 6.07) is 13.6. The molecule has 2 aliphatic carbocycles. The van der Waals surface area contributed by atoms with E-state index in [0.717, 1.165) is 22.3 Å². The number of fused-ring (bicyclic) bond motifs is 3. The van der Waals surface area contributed by atoms with Gasteiger partial charge in [-0.1, -0.05) is 48.5 Å². The molecule has 1 fully saturated rings. The van der Waals surface area contributed by atoms with Crippen LogP contribution in [0.5, 0.6) is 0 Å². The first-order valence-corrected chi connectivity index (χ1v) is 10.2. The van der Waals surface area contributed by atoms with Crippen LogP contribution in [0.2, 0.25) is 0 Å². The number of hydrogen-bond acceptors (Lipinski definition) is 4. The highest BCUT2D eigenvalue weighted by atomic mass is 19.3. The Morgan fingerprint density at radius 2 is 1.59 bits per heavy atom. The summed E-state index contributed by atoms with van der Waals surface area (Å²) in [4.78, 5) is 35.4. The molecule has 0 bridgehead atoms. The van der Waals surface area contributed by atoms with Gasteiger partial charge in [0.15, 0.2) is 0 Å². The third-order valence-electron chi connectivity index (χ3n) is 5.89. The second kappa shape index (κ2) is 8.57. The third-order valence-corrected chi connectivity index (χ3v) is 5.89. The van der Waals surface area contributed by atoms with Gasteiger partial charge in [0.25, 0.3) is 6.43 Å². The highest BCUT2D eigenvalue weighted by molar-refractivity contribution is 5.90. The minimum absolute atomic E-state index is 0.0514. The SMILES string of the molecule is O=C(CC(NC(=O)OCC1c2ccccc2-c2ccccc21)C(F)F)NC1(C(=O)O)CC1. The topological polar surface area (TPSA) is 105 Å². The van der Waals surface area contributed by atoms with Gasteiger partial charge in [0.2, 0.25) is 5.91 Å². The van der Waals surface area contributed by atoms with E-state index in [0.29, 0.717) is 0 Å². The second-order valence-electron chi connectivity index (χ2n) is 8.05. The molecule has 0 aliphatic heterocycles. The van der Waals surface area contributed by atoms with E-state index in [-0.39, 0.29) is 25.4 Å². The smallest absolute Gasteiger partial charge is 0.407 e. The summed E-state index contributed by atoms with van der Waals surface area (Å²) in [5.41, 5.74) is 2.65. The average Bonchev–Trinajstić information content (AvgIpc) is 3.48. The van der Waals surface area contributed by atoms with Crippen molar-refractivity contribution in [2.45, 2.75) is 43.2 Å². The molecule has 0 heterocycles. The molecule has 0 saturated heterocycles. The molecule has 0 radical (unpaired) electrons. The predicted molar refractivity (Wildman–Crippen MR) is 110 cm³/mol. The lowest BCUT2D eigenvalue weighted by atomic mass is 9.98. The molecule has 168 valence electrons. The first-order chi connectivity index (χ1) is 15.3. The molecule has 32 heavy (non-hydrogen) atoms. The monoisotopic (exact) mass is 444 g/mol. The number of benzene rings is 2. The summed E-state index contributed by atoms with van der Waals surface area (Å²) in [7, 11) is 0. The van der Waals surface area contributed by atoms with Crippen LogP contribution < -0.4 is 10.6 Å². The van der Waals surface area contributed by atoms with Crippen molar-refractivity contribution in [1.82, 2.24) is 10.6 Å². The molecular formula is C23H22F2N2O5. The number of aliphatic carboxylic acids is 1. The Morgan fingerprint density at radius 3 is 2.09 bits per heavy atom. The minimum atomic E-state index is -3.03. The summed E-state index contributed by atoms with van der Waals surface area (Å²) in [5, 5.41) is 13.4. The predicted octanol–water partition coefficient (Wildman–Crippen LogP) is 3.28. The number of amides is 2. The largest absolute Gasteiger partial charge is 0.480 e. The van der Waals surface area contributed by atoms with Crippen LogP contribution >= 0.6 is 0 Å². The van der Waals surface area contributed by atoms with Crippen LogP contribution in [0.3, 0.4) is 0 Å². The molecule has 3 N–H and O–H groups in total. The number of ether oxygens (including phenoxy) is 1. The number of alkyl carbamates (subject to hydrolysis) is 1. The number of carbonyl (C=O) groups is 3. The van der Waals surface area contributed by atoms with Crippen molar-refractivity contribution in [1.29, 1.82) is 0 Å². The summed E-state index contributed by atoms with van der Waals surface area (Å²) >= 11 is 0. The van der Waals surface area contributed by atoms with E-state index in [4.69, 9.17) is 9.84 Å². The standard InChI is InChI=1S/C23H22F2N2O5/c24-20(25)18(11-19(28)27-23(9-10-23)21(29)30)26-22(31)32-12-17-15-7-3-1-5-13(15)14-6-2-4-8-16(14)17/h1-8,17-18,20H,9-12H2,(H,26,31)(H,27,28)(H,29,30). The summed E-state index contributed by atoms with van der Waals surface area (Å²) in [6.07, 6.45) is -4.36. The zero-order valence-corrected chi connectivity index (χ0v) is 17.0. The van der Waals surface area contributed by atoms with Crippen molar-refractivity contribution in [3.8, 4) is 11.1 Å². The molecule has 1 atom stereocenters. The summed E-state index contributed by atoms with van der Waals surface area (Å²) < 4.78 is 32.0. The maximum Gasteiger partial charge on any atom is 0.407 e. The van der Waals surface area contributed by atoms with Gasteiger partial charge in [-0.05, 0) is 35.1 Å². The first-order valence-electron chi connectivity index (χ1n) is 10.2. The number of halogens is 2. The quantitative estimate of drug-likeness (QED) is 0.580. The van der Waals surface area contributed by atoms with Crippen molar-refractivity contribution in [2.24, 2.45) is 0 Å². The molecule has 0 spiro atoms. The zero-order valence-electron chi connectivity index (χ0n) is 17.0. The minimum Gasteiger partial charge on any atom is -0.480 e. The molecule has 2 aliphatic rings. The van der Waals surface area contributed by atoms with Crippen LogP contribution in [0.1, 0.15) is 36.3 Å². The third kappa shape index (κ3) is 4.28. The molecule has 0 aromatic heterocycles. The Kier molecular flexibility index (Phi) is 5.82. The molecule has 2 aromatic carbocycles. The van der Waals surface area contributed by atoms with Gasteiger partial charge in [-0.15, -0.1) is 0 Å². The Bertz CT molecular complexity index is 1010. The van der Waals surface area contributed by atoms with Crippen LogP contribution in [0, 0.1) is 0 Å². The van der Waals surface area contributed by atoms with Crippen molar-refractivity contribution in [3.05, 3.63) is 59.7 Å². The zero-order chi connectivity index (χ0) is 22.9. The molecule has 7 nitrogen and oxygen atoms in total. The van der Waals surface area contributed by atoms with Crippen LogP contribution in [-0.4, -0.2) is 47.7 Å². The van der Waals surface area contributed by atoms with Crippen LogP contribution in [-0.2, 0) is 14.3 Å². The fourth-order valence-corrected chi connectivity index (χ4v) is 4.03. The lowest BCUT2D eigenvalue weighted by Crippen LogP contribution is -2.48. The fourth-order valence-electron chi connectivity index (χ4n) is 4.03. The fraction of sp³-hybridized carbons (Fsp3) is 0.348. The number of nitrogens with one attached hydrogen (secondary N) is 2. The maximum absolute atomic E-state index is 13.4. The molecule has 4 rings (SSSR count). The van der Waals surface area contributed by atoms with E-state index in [1.54, 1.807) is 0 Å². The van der Waals surface area contributed by atoms with Gasteiger partial charge in [-0.3, -0.25) is 4.79 Å². The second-order valence-corrected chi connectivity index (χ2v) is 8.05. The lowest BCUT2D eigenvalue weighted by Gasteiger charge is -2.20. The van der Waals surface area contributed by atoms with Crippen molar-refractivity contribution >= 4 is 18.0 Å². The van der Waals surface area contributed by atoms with Gasteiger partial charge in [0.05, 0.1) is 6.42 Å². The van der Waals surface area contributed by atoms with E-state index < -0.39 is 42.4 Å². The molecule has 1 unspecified atom stereocenters. The van der Waals surface area contributed by atoms with Gasteiger partial charge in [0, 0.05) is 5.92 Å². The van der Waals surface area contributed by atoms with Gasteiger partial charge < -0.3 is 20.5 Å². The number of alkyl halides is 2. The van der Waals surface area contributed by atoms with Crippen molar-refractivity contribution < 1.29 is 33.0 Å². The number of hydrogen-bond donors (Lipinski definition) is 3. The molecule has 2 aromatic rings. The van der Waals surface area contributed by atoms with Crippen LogP contribution in [0.4, 0.5) is 13.6 Å². The molecule has 2 amide bonds. The van der Waals surface area contributed by atoms with Crippen molar-refractivity contribution in [2.75, 3.05) is 6.61 Å². The Balaban J connectivity index is 1.36. The van der Waals surface area contributed by atoms with Crippen LogP contribution in [0.15, 0.2) is 48.5 Å². The number of carboxylic acid groups (broad SMARTS) is 1. The number of carbonyl (C=O) groups excluding carboxylic acids is 2. The van der Waals surface area contributed by atoms with Gasteiger partial charge in [-0.2, -0.15) is 0 Å². The summed E-state index contributed by atoms with van der Waals surface area (Å²) in [6.45, 7) is -0.0514. The lowest BCUT2D eigenvalue weighted by molar-refractivity contribution is -0.143. The molecular weight excluding hydrogens is 422 g/mol. The Labute approximate surface area is 182 Å². The van der Waals surface area contributed by atoms with E-state index in [9.17, 15) is 23.2 Å². The first kappa shape index (κ1) is 21.7. The van der Waals surface area contributed by atoms with E-state index in [1.807, 2.05) is 53.8 Å². The van der Waals surface area contributed by atoms with E-state index in [2.05, 4.69) is 5.32 Å². The number of rotatable bonds is 8. The van der Waals surface area contributed by atoms with Gasteiger partial charge in [0.1, 0.15) is 18.2 Å². The average molecular weight is 444 g/mol. The van der Waals surface area contributed by atoms with E-state index in [1.165, 1.54) is 0 Å². The van der Waals surface area contributed by atoms with Crippen LogP contribution in [0.25, 0.3) is 11.1 Å². The normalized spacial score (nSPS) is 16.6. The van der Waals surface area contributed by atoms with Gasteiger partial charge in [-0.25, -0.2) is 18.4 Å².